The minimum Gasteiger partial charge on any atom is -0.373 e. The first-order chi connectivity index (χ1) is 6.72. The smallest absolute Gasteiger partial charge is 0.155 e. The van der Waals surface area contributed by atoms with E-state index >= 15 is 0 Å². The van der Waals surface area contributed by atoms with Crippen LogP contribution in [0.1, 0.15) is 17.9 Å². The molecule has 0 N–H and O–H groups in total. The molecule has 0 fully saturated rings. The van der Waals surface area contributed by atoms with Gasteiger partial charge in [-0.25, -0.2) is 9.97 Å². The van der Waals surface area contributed by atoms with Gasteiger partial charge in [0.1, 0.15) is 11.8 Å². The molecule has 3 nitrogen and oxygen atoms in total. The average molecular weight is 213 g/mol. The molecule has 0 aliphatic carbocycles. The fourth-order valence-electron chi connectivity index (χ4n) is 0.983. The van der Waals surface area contributed by atoms with Gasteiger partial charge >= 0.3 is 0 Å². The number of ether oxygens (including phenoxy) is 1. The molecule has 4 heteroatoms. The summed E-state index contributed by atoms with van der Waals surface area (Å²) in [5, 5.41) is 0.458. The molecule has 0 aliphatic rings. The van der Waals surface area contributed by atoms with Crippen molar-refractivity contribution >= 4 is 11.6 Å². The third kappa shape index (κ3) is 3.85. The standard InChI is InChI=1S/C10H13ClN2O/c1-3-4-5-14-7-10-12-8(2)6-9(11)13-10/h3,6H,1,4-5,7H2,2H3. The van der Waals surface area contributed by atoms with Gasteiger partial charge in [-0.1, -0.05) is 17.7 Å². The van der Waals surface area contributed by atoms with Crippen molar-refractivity contribution in [1.82, 2.24) is 9.97 Å². The first kappa shape index (κ1) is 11.1. The van der Waals surface area contributed by atoms with Crippen LogP contribution in [0.5, 0.6) is 0 Å². The average Bonchev–Trinajstić information content (AvgIpc) is 2.11. The first-order valence-corrected chi connectivity index (χ1v) is 4.79. The summed E-state index contributed by atoms with van der Waals surface area (Å²) in [6.45, 7) is 6.51. The molecule has 0 saturated heterocycles. The summed E-state index contributed by atoms with van der Waals surface area (Å²) in [4.78, 5) is 8.22. The number of aromatic nitrogens is 2. The highest BCUT2D eigenvalue weighted by Crippen LogP contribution is 2.07. The normalized spacial score (nSPS) is 10.1. The van der Waals surface area contributed by atoms with E-state index in [1.54, 1.807) is 6.07 Å². The third-order valence-corrected chi connectivity index (χ3v) is 1.76. The zero-order chi connectivity index (χ0) is 10.4. The van der Waals surface area contributed by atoms with Gasteiger partial charge in [-0.05, 0) is 19.4 Å². The number of rotatable bonds is 5. The van der Waals surface area contributed by atoms with Crippen molar-refractivity contribution in [2.75, 3.05) is 6.61 Å². The van der Waals surface area contributed by atoms with Gasteiger partial charge in [0.15, 0.2) is 5.82 Å². The van der Waals surface area contributed by atoms with Crippen molar-refractivity contribution in [3.63, 3.8) is 0 Å². The zero-order valence-electron chi connectivity index (χ0n) is 8.16. The van der Waals surface area contributed by atoms with Crippen molar-refractivity contribution in [2.45, 2.75) is 20.0 Å². The highest BCUT2D eigenvalue weighted by molar-refractivity contribution is 6.29. The van der Waals surface area contributed by atoms with Crippen molar-refractivity contribution in [1.29, 1.82) is 0 Å². The van der Waals surface area contributed by atoms with Crippen LogP contribution in [0.4, 0.5) is 0 Å². The van der Waals surface area contributed by atoms with E-state index in [-0.39, 0.29) is 0 Å². The fourth-order valence-corrected chi connectivity index (χ4v) is 1.24. The SMILES string of the molecule is C=CCCOCc1nc(C)cc(Cl)n1. The van der Waals surface area contributed by atoms with Crippen molar-refractivity contribution in [2.24, 2.45) is 0 Å². The van der Waals surface area contributed by atoms with E-state index in [0.717, 1.165) is 12.1 Å². The molecule has 1 rings (SSSR count). The Labute approximate surface area is 88.8 Å². The minimum absolute atomic E-state index is 0.398. The van der Waals surface area contributed by atoms with Crippen LogP contribution in [-0.2, 0) is 11.3 Å². The predicted molar refractivity (Wildman–Crippen MR) is 56.2 cm³/mol. The van der Waals surface area contributed by atoms with Gasteiger partial charge < -0.3 is 4.74 Å². The Hall–Kier alpha value is -0.930. The van der Waals surface area contributed by atoms with Crippen LogP contribution in [-0.4, -0.2) is 16.6 Å². The number of aryl methyl sites for hydroxylation is 1. The Morgan fingerprint density at radius 1 is 1.57 bits per heavy atom. The molecule has 14 heavy (non-hydrogen) atoms. The quantitative estimate of drug-likeness (QED) is 0.428. The molecule has 1 aromatic rings. The van der Waals surface area contributed by atoms with Crippen LogP contribution in [0.15, 0.2) is 18.7 Å². The second-order valence-corrected chi connectivity index (χ2v) is 3.27. The summed E-state index contributed by atoms with van der Waals surface area (Å²) in [6, 6.07) is 1.72. The Morgan fingerprint density at radius 2 is 2.36 bits per heavy atom. The molecule has 0 aliphatic heterocycles. The lowest BCUT2D eigenvalue weighted by molar-refractivity contribution is 0.119. The number of halogens is 1. The molecule has 1 aromatic heterocycles. The van der Waals surface area contributed by atoms with E-state index in [1.807, 2.05) is 13.0 Å². The number of hydrogen-bond acceptors (Lipinski definition) is 3. The lowest BCUT2D eigenvalue weighted by atomic mass is 10.4. The monoisotopic (exact) mass is 212 g/mol. The maximum atomic E-state index is 5.77. The lowest BCUT2D eigenvalue weighted by Crippen LogP contribution is -2.01. The molecule has 76 valence electrons. The second kappa shape index (κ2) is 5.73. The molecule has 0 atom stereocenters. The van der Waals surface area contributed by atoms with Crippen LogP contribution in [0.3, 0.4) is 0 Å². The molecule has 0 radical (unpaired) electrons. The Morgan fingerprint density at radius 3 is 3.00 bits per heavy atom. The molecule has 0 aromatic carbocycles. The van der Waals surface area contributed by atoms with E-state index in [1.165, 1.54) is 0 Å². The topological polar surface area (TPSA) is 35.0 Å². The highest BCUT2D eigenvalue weighted by Gasteiger charge is 1.99. The van der Waals surface area contributed by atoms with E-state index in [2.05, 4.69) is 16.5 Å². The van der Waals surface area contributed by atoms with Crippen LogP contribution in [0, 0.1) is 6.92 Å². The van der Waals surface area contributed by atoms with Crippen molar-refractivity contribution in [3.05, 3.63) is 35.4 Å². The Balaban J connectivity index is 2.46. The zero-order valence-corrected chi connectivity index (χ0v) is 8.92. The Kier molecular flexibility index (Phi) is 4.56. The summed E-state index contributed by atoms with van der Waals surface area (Å²) in [5.74, 6) is 0.624. The second-order valence-electron chi connectivity index (χ2n) is 2.88. The summed E-state index contributed by atoms with van der Waals surface area (Å²) in [7, 11) is 0. The van der Waals surface area contributed by atoms with Crippen LogP contribution < -0.4 is 0 Å². The molecular weight excluding hydrogens is 200 g/mol. The van der Waals surface area contributed by atoms with E-state index in [0.29, 0.717) is 24.2 Å². The van der Waals surface area contributed by atoms with Crippen LogP contribution in [0.25, 0.3) is 0 Å². The van der Waals surface area contributed by atoms with Gasteiger partial charge in [-0.2, -0.15) is 0 Å². The summed E-state index contributed by atoms with van der Waals surface area (Å²) in [5.41, 5.74) is 0.854. The molecule has 0 unspecified atom stereocenters. The molecule has 1 heterocycles. The van der Waals surface area contributed by atoms with E-state index in [4.69, 9.17) is 16.3 Å². The van der Waals surface area contributed by atoms with Crippen molar-refractivity contribution in [3.8, 4) is 0 Å². The minimum atomic E-state index is 0.398. The van der Waals surface area contributed by atoms with Crippen molar-refractivity contribution < 1.29 is 4.74 Å². The van der Waals surface area contributed by atoms with E-state index < -0.39 is 0 Å². The van der Waals surface area contributed by atoms with Gasteiger partial charge in [0.25, 0.3) is 0 Å². The first-order valence-electron chi connectivity index (χ1n) is 4.41. The fraction of sp³-hybridized carbons (Fsp3) is 0.400. The lowest BCUT2D eigenvalue weighted by Gasteiger charge is -2.02. The maximum absolute atomic E-state index is 5.77. The summed E-state index contributed by atoms with van der Waals surface area (Å²) < 4.78 is 5.32. The maximum Gasteiger partial charge on any atom is 0.155 e. The van der Waals surface area contributed by atoms with Gasteiger partial charge in [0, 0.05) is 5.69 Å². The molecule has 0 bridgehead atoms. The van der Waals surface area contributed by atoms with Crippen LogP contribution >= 0.6 is 11.6 Å². The number of nitrogens with zero attached hydrogens (tertiary/aromatic N) is 2. The molecular formula is C10H13ClN2O. The molecule has 0 saturated carbocycles. The summed E-state index contributed by atoms with van der Waals surface area (Å²) >= 11 is 5.77. The van der Waals surface area contributed by atoms with E-state index in [9.17, 15) is 0 Å². The predicted octanol–water partition coefficient (Wildman–Crippen LogP) is 2.53. The van der Waals surface area contributed by atoms with Crippen LogP contribution in [0.2, 0.25) is 5.15 Å². The van der Waals surface area contributed by atoms with Gasteiger partial charge in [0.2, 0.25) is 0 Å². The Bertz CT molecular complexity index is 295. The van der Waals surface area contributed by atoms with Gasteiger partial charge in [0.05, 0.1) is 6.61 Å². The van der Waals surface area contributed by atoms with Gasteiger partial charge in [-0.15, -0.1) is 6.58 Å². The molecule has 0 amide bonds. The molecule has 0 spiro atoms. The third-order valence-electron chi connectivity index (χ3n) is 1.57. The largest absolute Gasteiger partial charge is 0.373 e. The summed E-state index contributed by atoms with van der Waals surface area (Å²) in [6.07, 6.45) is 2.64. The van der Waals surface area contributed by atoms with Gasteiger partial charge in [-0.3, -0.25) is 0 Å². The highest BCUT2D eigenvalue weighted by atomic mass is 35.5. The number of hydrogen-bond donors (Lipinski definition) is 0.